The summed E-state index contributed by atoms with van der Waals surface area (Å²) < 4.78 is 11.3. The van der Waals surface area contributed by atoms with E-state index in [1.165, 1.54) is 24.0 Å². The molecule has 13 heteroatoms. The van der Waals surface area contributed by atoms with Crippen LogP contribution in [0.5, 0.6) is 5.75 Å². The molecule has 5 atom stereocenters. The molecule has 0 saturated carbocycles. The first-order valence-electron chi connectivity index (χ1n) is 16.3. The lowest BCUT2D eigenvalue weighted by atomic mass is 9.97. The molecule has 0 aromatic heterocycles. The molecule has 1 aliphatic rings. The quantitative estimate of drug-likeness (QED) is 0.160. The van der Waals surface area contributed by atoms with E-state index in [0.717, 1.165) is 5.56 Å². The van der Waals surface area contributed by atoms with Gasteiger partial charge in [0.05, 0.1) is 25.2 Å². The Bertz CT molecular complexity index is 1490. The molecule has 0 bridgehead atoms. The molecule has 266 valence electrons. The highest BCUT2D eigenvalue weighted by Crippen LogP contribution is 2.26. The fourth-order valence-electron chi connectivity index (χ4n) is 5.47. The molecular formula is C36H48N4O9. The Morgan fingerprint density at radius 1 is 0.959 bits per heavy atom. The van der Waals surface area contributed by atoms with Gasteiger partial charge < -0.3 is 35.8 Å². The van der Waals surface area contributed by atoms with Crippen LogP contribution < -0.4 is 16.4 Å². The average molecular weight is 681 g/mol. The van der Waals surface area contributed by atoms with Crippen LogP contribution >= 0.6 is 0 Å². The minimum atomic E-state index is -1.48. The van der Waals surface area contributed by atoms with Gasteiger partial charge in [0.25, 0.3) is 0 Å². The molecule has 49 heavy (non-hydrogen) atoms. The smallest absolute Gasteiger partial charge is 0.308 e. The van der Waals surface area contributed by atoms with Crippen molar-refractivity contribution in [3.8, 4) is 5.75 Å². The lowest BCUT2D eigenvalue weighted by Gasteiger charge is -2.31. The summed E-state index contributed by atoms with van der Waals surface area (Å²) >= 11 is 0. The molecule has 3 amide bonds. The normalized spacial score (nSPS) is 17.9. The predicted molar refractivity (Wildman–Crippen MR) is 180 cm³/mol. The van der Waals surface area contributed by atoms with E-state index < -0.39 is 83.5 Å². The average Bonchev–Trinajstić information content (AvgIpc) is 3.45. The summed E-state index contributed by atoms with van der Waals surface area (Å²) in [6, 6.07) is 10.5. The van der Waals surface area contributed by atoms with E-state index >= 15 is 0 Å². The molecule has 2 aromatic carbocycles. The number of aromatic hydroxyl groups is 1. The second-order valence-corrected chi connectivity index (χ2v) is 13.6. The number of rotatable bonds is 15. The first-order valence-corrected chi connectivity index (χ1v) is 16.3. The van der Waals surface area contributed by atoms with Gasteiger partial charge in [0.1, 0.15) is 29.5 Å². The lowest BCUT2D eigenvalue weighted by Crippen LogP contribution is -2.58. The molecule has 2 unspecified atom stereocenters. The SMILES string of the molecule is CC(=O)N[C@@H](Cc1ccc(O)cc1)C(=O)N[C@H](C(=O)N1CC(OCc2ccccc2)C[C@H]1C(=O)C(=O)C(N)CC(=O)OC(C)(C)C)C(C)C. The number of likely N-dealkylation sites (tertiary alicyclic amines) is 1. The Hall–Kier alpha value is -4.62. The predicted octanol–water partition coefficient (Wildman–Crippen LogP) is 1.96. The summed E-state index contributed by atoms with van der Waals surface area (Å²) in [6.07, 6.45) is -1.07. The molecule has 1 saturated heterocycles. The van der Waals surface area contributed by atoms with Crippen LogP contribution in [0.4, 0.5) is 0 Å². The largest absolute Gasteiger partial charge is 0.508 e. The topological polar surface area (TPSA) is 194 Å². The van der Waals surface area contributed by atoms with E-state index in [2.05, 4.69) is 10.6 Å². The van der Waals surface area contributed by atoms with Crippen molar-refractivity contribution in [1.29, 1.82) is 0 Å². The number of phenolic OH excluding ortho intramolecular Hbond substituents is 1. The monoisotopic (exact) mass is 680 g/mol. The number of hydrogen-bond acceptors (Lipinski definition) is 10. The summed E-state index contributed by atoms with van der Waals surface area (Å²) in [7, 11) is 0. The number of nitrogens with two attached hydrogens (primary N) is 1. The van der Waals surface area contributed by atoms with Crippen LogP contribution in [0.1, 0.15) is 65.5 Å². The van der Waals surface area contributed by atoms with Crippen LogP contribution in [0.3, 0.4) is 0 Å². The summed E-state index contributed by atoms with van der Waals surface area (Å²) in [5.41, 5.74) is 6.71. The highest BCUT2D eigenvalue weighted by Gasteiger charge is 2.46. The number of nitrogens with zero attached hydrogens (tertiary/aromatic N) is 1. The van der Waals surface area contributed by atoms with E-state index in [0.29, 0.717) is 5.56 Å². The Kier molecular flexibility index (Phi) is 13.6. The minimum Gasteiger partial charge on any atom is -0.508 e. The van der Waals surface area contributed by atoms with Gasteiger partial charge in [0.2, 0.25) is 29.3 Å². The fourth-order valence-corrected chi connectivity index (χ4v) is 5.47. The molecular weight excluding hydrogens is 632 g/mol. The van der Waals surface area contributed by atoms with Gasteiger partial charge in [-0.25, -0.2) is 0 Å². The number of nitrogens with one attached hydrogen (secondary N) is 2. The zero-order valence-electron chi connectivity index (χ0n) is 28.9. The van der Waals surface area contributed by atoms with Crippen molar-refractivity contribution in [2.45, 2.75) is 103 Å². The molecule has 0 spiro atoms. The summed E-state index contributed by atoms with van der Waals surface area (Å²) in [5.74, 6) is -4.86. The van der Waals surface area contributed by atoms with Crippen molar-refractivity contribution < 1.29 is 43.3 Å². The Morgan fingerprint density at radius 2 is 1.59 bits per heavy atom. The molecule has 1 heterocycles. The van der Waals surface area contributed by atoms with Gasteiger partial charge in [-0.15, -0.1) is 0 Å². The molecule has 5 N–H and O–H groups in total. The van der Waals surface area contributed by atoms with Crippen LogP contribution in [0.2, 0.25) is 0 Å². The number of hydrogen-bond donors (Lipinski definition) is 4. The zero-order chi connectivity index (χ0) is 36.5. The van der Waals surface area contributed by atoms with Crippen LogP contribution in [0.25, 0.3) is 0 Å². The number of phenols is 1. The summed E-state index contributed by atoms with van der Waals surface area (Å²) in [4.78, 5) is 80.3. The summed E-state index contributed by atoms with van der Waals surface area (Å²) in [5, 5.41) is 15.0. The van der Waals surface area contributed by atoms with Crippen molar-refractivity contribution >= 4 is 35.3 Å². The number of carbonyl (C=O) groups excluding carboxylic acids is 6. The number of Topliss-reactive ketones (excluding diaryl/α,β-unsaturated/α-hetero) is 2. The molecule has 2 aromatic rings. The number of esters is 1. The number of amides is 3. The van der Waals surface area contributed by atoms with Gasteiger partial charge in [-0.05, 0) is 49.9 Å². The standard InChI is InChI=1S/C36H48N4O9/c1-21(2)31(39-34(46)28(38-22(3)41)16-23-12-14-25(42)15-13-23)35(47)40-19-26(48-20-24-10-8-7-9-11-24)17-29(40)33(45)32(44)27(37)18-30(43)49-36(4,5)6/h7-15,21,26-29,31,42H,16-20,37H2,1-6H3,(H,38,41)(H,39,46)/t26?,27?,28-,29-,31-/m0/s1. The molecule has 13 nitrogen and oxygen atoms in total. The van der Waals surface area contributed by atoms with E-state index in [9.17, 15) is 33.9 Å². The van der Waals surface area contributed by atoms with Gasteiger partial charge in [0.15, 0.2) is 0 Å². The Balaban J connectivity index is 1.84. The van der Waals surface area contributed by atoms with Crippen LogP contribution in [-0.2, 0) is 51.3 Å². The number of benzene rings is 2. The second-order valence-electron chi connectivity index (χ2n) is 13.6. The minimum absolute atomic E-state index is 0.00354. The summed E-state index contributed by atoms with van der Waals surface area (Å²) in [6.45, 7) is 9.84. The molecule has 3 rings (SSSR count). The Labute approximate surface area is 286 Å². The van der Waals surface area contributed by atoms with Crippen molar-refractivity contribution in [3.05, 3.63) is 65.7 Å². The maximum atomic E-state index is 14.2. The van der Waals surface area contributed by atoms with Gasteiger partial charge in [0, 0.05) is 26.3 Å². The van der Waals surface area contributed by atoms with E-state index in [4.69, 9.17) is 15.2 Å². The van der Waals surface area contributed by atoms with Crippen LogP contribution in [0.15, 0.2) is 54.6 Å². The van der Waals surface area contributed by atoms with E-state index in [1.807, 2.05) is 30.3 Å². The lowest BCUT2D eigenvalue weighted by molar-refractivity contribution is -0.156. The van der Waals surface area contributed by atoms with Gasteiger partial charge in [-0.2, -0.15) is 0 Å². The fraction of sp³-hybridized carbons (Fsp3) is 0.500. The maximum absolute atomic E-state index is 14.2. The number of ketones is 2. The van der Waals surface area contributed by atoms with Crippen LogP contribution in [-0.4, -0.2) is 87.7 Å². The van der Waals surface area contributed by atoms with Crippen molar-refractivity contribution in [2.24, 2.45) is 11.7 Å². The molecule has 1 fully saturated rings. The van der Waals surface area contributed by atoms with Gasteiger partial charge in [-0.1, -0.05) is 56.3 Å². The van der Waals surface area contributed by atoms with Crippen molar-refractivity contribution in [1.82, 2.24) is 15.5 Å². The third kappa shape index (κ3) is 11.8. The molecule has 0 radical (unpaired) electrons. The second kappa shape index (κ2) is 17.2. The van der Waals surface area contributed by atoms with Crippen LogP contribution in [0, 0.1) is 5.92 Å². The maximum Gasteiger partial charge on any atom is 0.308 e. The number of carbonyl (C=O) groups is 6. The first-order chi connectivity index (χ1) is 22.9. The van der Waals surface area contributed by atoms with E-state index in [1.54, 1.807) is 46.8 Å². The van der Waals surface area contributed by atoms with E-state index in [-0.39, 0.29) is 31.7 Å². The third-order valence-electron chi connectivity index (χ3n) is 7.86. The first kappa shape index (κ1) is 38.8. The Morgan fingerprint density at radius 3 is 2.16 bits per heavy atom. The number of ether oxygens (including phenoxy) is 2. The molecule has 0 aliphatic carbocycles. The van der Waals surface area contributed by atoms with Crippen molar-refractivity contribution in [2.75, 3.05) is 6.54 Å². The highest BCUT2D eigenvalue weighted by atomic mass is 16.6. The highest BCUT2D eigenvalue weighted by molar-refractivity contribution is 6.41. The van der Waals surface area contributed by atoms with Gasteiger partial charge in [-0.3, -0.25) is 28.8 Å². The zero-order valence-corrected chi connectivity index (χ0v) is 28.9. The van der Waals surface area contributed by atoms with Gasteiger partial charge >= 0.3 is 5.97 Å². The van der Waals surface area contributed by atoms with Crippen molar-refractivity contribution in [3.63, 3.8) is 0 Å². The molecule has 1 aliphatic heterocycles. The third-order valence-corrected chi connectivity index (χ3v) is 7.86.